The number of halogens is 2. The Morgan fingerprint density at radius 1 is 1.08 bits per heavy atom. The molecule has 2 N–H and O–H groups in total. The van der Waals surface area contributed by atoms with E-state index in [2.05, 4.69) is 12.1 Å². The highest BCUT2D eigenvalue weighted by Crippen LogP contribution is 2.54. The van der Waals surface area contributed by atoms with Crippen molar-refractivity contribution in [1.29, 1.82) is 10.5 Å². The molecule has 0 radical (unpaired) electrons. The fourth-order valence-corrected chi connectivity index (χ4v) is 4.70. The molecule has 2 aromatic carbocycles. The van der Waals surface area contributed by atoms with Crippen molar-refractivity contribution in [2.75, 3.05) is 4.90 Å². The maximum Gasteiger partial charge on any atom is 0.128 e. The van der Waals surface area contributed by atoms with Crippen molar-refractivity contribution in [1.82, 2.24) is 0 Å². The van der Waals surface area contributed by atoms with Crippen LogP contribution in [-0.2, 0) is 0 Å². The number of rotatable bonds is 1. The molecule has 0 unspecified atom stereocenters. The van der Waals surface area contributed by atoms with Crippen LogP contribution in [0.3, 0.4) is 0 Å². The number of benzene rings is 2. The third-order valence-corrected chi connectivity index (χ3v) is 5.86. The lowest BCUT2D eigenvalue weighted by Gasteiger charge is -2.32. The second-order valence-electron chi connectivity index (χ2n) is 5.71. The van der Waals surface area contributed by atoms with E-state index in [1.807, 2.05) is 24.3 Å². The lowest BCUT2D eigenvalue weighted by molar-refractivity contribution is 0.605. The van der Waals surface area contributed by atoms with Crippen molar-refractivity contribution in [2.24, 2.45) is 5.73 Å². The van der Waals surface area contributed by atoms with Crippen LogP contribution in [0.15, 0.2) is 69.4 Å². The van der Waals surface area contributed by atoms with Crippen LogP contribution >= 0.6 is 23.4 Å². The van der Waals surface area contributed by atoms with Crippen LogP contribution in [0.5, 0.6) is 0 Å². The molecule has 0 aromatic heterocycles. The summed E-state index contributed by atoms with van der Waals surface area (Å²) in [6, 6.07) is 16.0. The summed E-state index contributed by atoms with van der Waals surface area (Å²) in [6.07, 6.45) is 0. The van der Waals surface area contributed by atoms with E-state index in [1.165, 1.54) is 30.0 Å². The third-order valence-electron chi connectivity index (χ3n) is 4.37. The lowest BCUT2D eigenvalue weighted by atomic mass is 9.83. The summed E-state index contributed by atoms with van der Waals surface area (Å²) >= 11 is 7.60. The highest BCUT2D eigenvalue weighted by Gasteiger charge is 2.42. The molecule has 1 atom stereocenters. The van der Waals surface area contributed by atoms with Gasteiger partial charge in [-0.05, 0) is 24.3 Å². The van der Waals surface area contributed by atoms with Crippen LogP contribution in [0.25, 0.3) is 0 Å². The standard InChI is InChI=1S/C19H10ClFN4S/c20-12-4-3-5-13(21)17(12)16-10(8-22)18(24)25-14-6-1-2-7-15(14)26-19(25)11(16)9-23/h1-7,16H,24H2/t16-/m1/s1. The number of anilines is 1. The summed E-state index contributed by atoms with van der Waals surface area (Å²) < 4.78 is 14.6. The normalized spacial score (nSPS) is 18.3. The molecule has 0 saturated heterocycles. The van der Waals surface area contributed by atoms with Gasteiger partial charge in [0.1, 0.15) is 16.7 Å². The lowest BCUT2D eigenvalue weighted by Crippen LogP contribution is -2.32. The first-order valence-corrected chi connectivity index (χ1v) is 8.82. The zero-order valence-corrected chi connectivity index (χ0v) is 14.8. The number of para-hydroxylation sites is 1. The molecular weight excluding hydrogens is 371 g/mol. The number of nitrogens with two attached hydrogens (primary N) is 1. The van der Waals surface area contributed by atoms with Gasteiger partial charge in [-0.15, -0.1) is 0 Å². The number of nitrogens with zero attached hydrogens (tertiary/aromatic N) is 3. The quantitative estimate of drug-likeness (QED) is 0.781. The SMILES string of the molecule is N#CC1=C(N)N2C(=C(C#N)[C@@H]1c1c(F)cccc1Cl)Sc1ccccc12. The second-order valence-corrected chi connectivity index (χ2v) is 7.15. The molecule has 0 fully saturated rings. The van der Waals surface area contributed by atoms with Gasteiger partial charge in [-0.1, -0.05) is 41.6 Å². The Bertz CT molecular complexity index is 1070. The molecule has 26 heavy (non-hydrogen) atoms. The van der Waals surface area contributed by atoms with Crippen molar-refractivity contribution in [3.63, 3.8) is 0 Å². The van der Waals surface area contributed by atoms with Gasteiger partial charge in [0, 0.05) is 15.5 Å². The molecule has 2 heterocycles. The minimum Gasteiger partial charge on any atom is -0.384 e. The third kappa shape index (κ3) is 2.20. The van der Waals surface area contributed by atoms with E-state index in [9.17, 15) is 14.9 Å². The topological polar surface area (TPSA) is 76.8 Å². The average Bonchev–Trinajstić information content (AvgIpc) is 3.01. The highest BCUT2D eigenvalue weighted by atomic mass is 35.5. The van der Waals surface area contributed by atoms with Crippen LogP contribution in [0.2, 0.25) is 5.02 Å². The Morgan fingerprint density at radius 3 is 2.50 bits per heavy atom. The summed E-state index contributed by atoms with van der Waals surface area (Å²) in [5.41, 5.74) is 7.54. The fourth-order valence-electron chi connectivity index (χ4n) is 3.25. The van der Waals surface area contributed by atoms with E-state index in [1.54, 1.807) is 4.90 Å². The molecule has 0 amide bonds. The number of allylic oxidation sites excluding steroid dienone is 2. The van der Waals surface area contributed by atoms with Gasteiger partial charge in [0.15, 0.2) is 0 Å². The van der Waals surface area contributed by atoms with Gasteiger partial charge in [-0.25, -0.2) is 4.39 Å². The molecule has 0 aliphatic carbocycles. The Kier molecular flexibility index (Phi) is 3.88. The Morgan fingerprint density at radius 2 is 1.81 bits per heavy atom. The summed E-state index contributed by atoms with van der Waals surface area (Å²) in [4.78, 5) is 2.60. The van der Waals surface area contributed by atoms with Gasteiger partial charge in [-0.3, -0.25) is 4.90 Å². The predicted octanol–water partition coefficient (Wildman–Crippen LogP) is 4.62. The van der Waals surface area contributed by atoms with Crippen molar-refractivity contribution in [3.05, 3.63) is 80.9 Å². The first-order chi connectivity index (χ1) is 12.6. The van der Waals surface area contributed by atoms with E-state index < -0.39 is 11.7 Å². The summed E-state index contributed by atoms with van der Waals surface area (Å²) in [6.45, 7) is 0. The van der Waals surface area contributed by atoms with Crippen LogP contribution in [-0.4, -0.2) is 0 Å². The summed E-state index contributed by atoms with van der Waals surface area (Å²) in [5.74, 6) is -1.33. The maximum absolute atomic E-state index is 14.6. The van der Waals surface area contributed by atoms with Gasteiger partial charge < -0.3 is 5.73 Å². The highest BCUT2D eigenvalue weighted by molar-refractivity contribution is 8.03. The van der Waals surface area contributed by atoms with E-state index in [-0.39, 0.29) is 27.6 Å². The number of hydrogen-bond donors (Lipinski definition) is 1. The minimum atomic E-state index is -0.938. The van der Waals surface area contributed by atoms with Crippen LogP contribution in [0.1, 0.15) is 11.5 Å². The Balaban J connectivity index is 2.03. The first kappa shape index (κ1) is 16.5. The fraction of sp³-hybridized carbons (Fsp3) is 0.0526. The van der Waals surface area contributed by atoms with Crippen LogP contribution in [0, 0.1) is 28.5 Å². The largest absolute Gasteiger partial charge is 0.384 e. The van der Waals surface area contributed by atoms with Crippen LogP contribution in [0.4, 0.5) is 10.1 Å². The van der Waals surface area contributed by atoms with Crippen molar-refractivity contribution in [3.8, 4) is 12.1 Å². The van der Waals surface area contributed by atoms with Crippen molar-refractivity contribution >= 4 is 29.1 Å². The molecule has 2 aliphatic heterocycles. The predicted molar refractivity (Wildman–Crippen MR) is 98.4 cm³/mol. The molecular formula is C19H10ClFN4S. The molecule has 2 aromatic rings. The molecule has 0 saturated carbocycles. The van der Waals surface area contributed by atoms with E-state index in [4.69, 9.17) is 17.3 Å². The van der Waals surface area contributed by atoms with Gasteiger partial charge >= 0.3 is 0 Å². The molecule has 4 nitrogen and oxygen atoms in total. The smallest absolute Gasteiger partial charge is 0.128 e. The van der Waals surface area contributed by atoms with Crippen LogP contribution < -0.4 is 10.6 Å². The maximum atomic E-state index is 14.6. The monoisotopic (exact) mass is 380 g/mol. The minimum absolute atomic E-state index is 0.0916. The molecule has 2 aliphatic rings. The molecule has 0 spiro atoms. The summed E-state index contributed by atoms with van der Waals surface area (Å²) in [5, 5.41) is 20.3. The van der Waals surface area contributed by atoms with Gasteiger partial charge in [-0.2, -0.15) is 10.5 Å². The average molecular weight is 381 g/mol. The molecule has 7 heteroatoms. The second kappa shape index (κ2) is 6.10. The molecule has 0 bridgehead atoms. The molecule has 4 rings (SSSR count). The number of fused-ring (bicyclic) bond motifs is 3. The molecule has 126 valence electrons. The summed E-state index contributed by atoms with van der Waals surface area (Å²) in [7, 11) is 0. The van der Waals surface area contributed by atoms with Gasteiger partial charge in [0.2, 0.25) is 0 Å². The van der Waals surface area contributed by atoms with Gasteiger partial charge in [0.25, 0.3) is 0 Å². The van der Waals surface area contributed by atoms with Gasteiger partial charge in [0.05, 0.1) is 34.9 Å². The van der Waals surface area contributed by atoms with Crippen molar-refractivity contribution in [2.45, 2.75) is 10.8 Å². The Labute approximate surface area is 158 Å². The van der Waals surface area contributed by atoms with Crippen molar-refractivity contribution < 1.29 is 4.39 Å². The van der Waals surface area contributed by atoms with E-state index >= 15 is 0 Å². The first-order valence-electron chi connectivity index (χ1n) is 7.63. The zero-order chi connectivity index (χ0) is 18.4. The number of hydrogen-bond acceptors (Lipinski definition) is 5. The number of thioether (sulfide) groups is 1. The van der Waals surface area contributed by atoms with E-state index in [0.717, 1.165) is 10.6 Å². The number of nitriles is 2. The van der Waals surface area contributed by atoms with E-state index in [0.29, 0.717) is 5.03 Å². The Hall–Kier alpha value is -2.93. The zero-order valence-electron chi connectivity index (χ0n) is 13.2.